The Hall–Kier alpha value is -1.59. The molecule has 1 heterocycles. The van der Waals surface area contributed by atoms with Crippen LogP contribution in [0.2, 0.25) is 0 Å². The zero-order chi connectivity index (χ0) is 12.8. The molecule has 0 saturated carbocycles. The van der Waals surface area contributed by atoms with E-state index in [1.165, 1.54) is 4.90 Å². The first-order valence-electron chi connectivity index (χ1n) is 5.70. The number of amides is 1. The van der Waals surface area contributed by atoms with Gasteiger partial charge >= 0.3 is 11.9 Å². The number of carbonyl (C=O) groups excluding carboxylic acids is 2. The molecule has 1 amide bonds. The van der Waals surface area contributed by atoms with E-state index in [1.54, 1.807) is 6.92 Å². The standard InChI is InChI=1S/C11H17NO5/c1-2-17-11(16)8-4-3-5-12(7-8)9(13)6-10(14)15/h8H,2-7H2,1H3,(H,14,15). The Morgan fingerprint density at radius 3 is 2.71 bits per heavy atom. The Morgan fingerprint density at radius 1 is 1.41 bits per heavy atom. The van der Waals surface area contributed by atoms with E-state index in [-0.39, 0.29) is 18.4 Å². The van der Waals surface area contributed by atoms with Crippen LogP contribution in [0.1, 0.15) is 26.2 Å². The number of piperidine rings is 1. The van der Waals surface area contributed by atoms with Crippen molar-refractivity contribution in [3.8, 4) is 0 Å². The fourth-order valence-electron chi connectivity index (χ4n) is 1.90. The highest BCUT2D eigenvalue weighted by atomic mass is 16.5. The monoisotopic (exact) mass is 243 g/mol. The second kappa shape index (κ2) is 6.22. The molecule has 1 unspecified atom stereocenters. The number of hydrogen-bond acceptors (Lipinski definition) is 4. The van der Waals surface area contributed by atoms with Crippen LogP contribution in [0.4, 0.5) is 0 Å². The molecule has 6 nitrogen and oxygen atoms in total. The number of ether oxygens (including phenoxy) is 1. The Balaban J connectivity index is 2.51. The minimum atomic E-state index is -1.15. The fourth-order valence-corrected chi connectivity index (χ4v) is 1.90. The quantitative estimate of drug-likeness (QED) is 0.565. The van der Waals surface area contributed by atoms with Crippen LogP contribution in [0.25, 0.3) is 0 Å². The molecule has 1 aliphatic rings. The Labute approximate surface area is 99.5 Å². The van der Waals surface area contributed by atoms with Gasteiger partial charge in [-0.3, -0.25) is 14.4 Å². The number of carboxylic acids is 1. The van der Waals surface area contributed by atoms with E-state index in [0.29, 0.717) is 26.0 Å². The summed E-state index contributed by atoms with van der Waals surface area (Å²) in [5.74, 6) is -2.21. The predicted octanol–water partition coefficient (Wildman–Crippen LogP) is 0.263. The van der Waals surface area contributed by atoms with Crippen molar-refractivity contribution in [2.45, 2.75) is 26.2 Å². The van der Waals surface area contributed by atoms with E-state index in [4.69, 9.17) is 9.84 Å². The summed E-state index contributed by atoms with van der Waals surface area (Å²) in [6, 6.07) is 0. The maximum absolute atomic E-state index is 11.5. The molecule has 1 atom stereocenters. The topological polar surface area (TPSA) is 83.9 Å². The van der Waals surface area contributed by atoms with Crippen LogP contribution in [-0.4, -0.2) is 47.5 Å². The maximum Gasteiger partial charge on any atom is 0.312 e. The third-order valence-corrected chi connectivity index (χ3v) is 2.70. The number of hydrogen-bond donors (Lipinski definition) is 1. The zero-order valence-electron chi connectivity index (χ0n) is 9.85. The van der Waals surface area contributed by atoms with Crippen molar-refractivity contribution < 1.29 is 24.2 Å². The number of carboxylic acid groups (broad SMARTS) is 1. The molecule has 1 rings (SSSR count). The molecule has 1 aliphatic heterocycles. The van der Waals surface area contributed by atoms with Crippen molar-refractivity contribution >= 4 is 17.8 Å². The number of carbonyl (C=O) groups is 3. The van der Waals surface area contributed by atoms with Gasteiger partial charge in [0.15, 0.2) is 0 Å². The lowest BCUT2D eigenvalue weighted by atomic mass is 9.98. The molecule has 1 N–H and O–H groups in total. The van der Waals surface area contributed by atoms with Crippen LogP contribution in [0.15, 0.2) is 0 Å². The number of nitrogens with zero attached hydrogens (tertiary/aromatic N) is 1. The van der Waals surface area contributed by atoms with Crippen LogP contribution in [0.3, 0.4) is 0 Å². The predicted molar refractivity (Wildman–Crippen MR) is 58.2 cm³/mol. The highest BCUT2D eigenvalue weighted by Crippen LogP contribution is 2.18. The van der Waals surface area contributed by atoms with Gasteiger partial charge in [0.2, 0.25) is 5.91 Å². The van der Waals surface area contributed by atoms with Crippen molar-refractivity contribution in [2.24, 2.45) is 5.92 Å². The molecule has 0 aliphatic carbocycles. The molecule has 0 spiro atoms. The van der Waals surface area contributed by atoms with E-state index < -0.39 is 18.3 Å². The lowest BCUT2D eigenvalue weighted by Gasteiger charge is -2.31. The van der Waals surface area contributed by atoms with Gasteiger partial charge < -0.3 is 14.7 Å². The van der Waals surface area contributed by atoms with Gasteiger partial charge in [0.1, 0.15) is 6.42 Å². The van der Waals surface area contributed by atoms with Gasteiger partial charge in [-0.2, -0.15) is 0 Å². The Kier molecular flexibility index (Phi) is 4.93. The minimum absolute atomic E-state index is 0.269. The summed E-state index contributed by atoms with van der Waals surface area (Å²) in [6.45, 7) is 2.83. The number of rotatable bonds is 4. The number of likely N-dealkylation sites (tertiary alicyclic amines) is 1. The van der Waals surface area contributed by atoms with E-state index >= 15 is 0 Å². The molecule has 1 saturated heterocycles. The highest BCUT2D eigenvalue weighted by molar-refractivity contribution is 5.93. The summed E-state index contributed by atoms with van der Waals surface area (Å²) in [6.07, 6.45) is 0.875. The maximum atomic E-state index is 11.5. The number of aliphatic carboxylic acids is 1. The van der Waals surface area contributed by atoms with Crippen LogP contribution >= 0.6 is 0 Å². The molecule has 0 bridgehead atoms. The molecule has 0 aromatic carbocycles. The highest BCUT2D eigenvalue weighted by Gasteiger charge is 2.29. The van der Waals surface area contributed by atoms with Crippen LogP contribution in [-0.2, 0) is 19.1 Å². The van der Waals surface area contributed by atoms with Crippen LogP contribution < -0.4 is 0 Å². The van der Waals surface area contributed by atoms with Gasteiger partial charge in [-0.05, 0) is 19.8 Å². The normalized spacial score (nSPS) is 19.8. The molecule has 96 valence electrons. The lowest BCUT2D eigenvalue weighted by molar-refractivity contribution is -0.151. The van der Waals surface area contributed by atoms with Crippen molar-refractivity contribution in [3.05, 3.63) is 0 Å². The Bertz CT molecular complexity index is 315. The minimum Gasteiger partial charge on any atom is -0.481 e. The largest absolute Gasteiger partial charge is 0.481 e. The second-order valence-corrected chi connectivity index (χ2v) is 4.00. The molecular weight excluding hydrogens is 226 g/mol. The summed E-state index contributed by atoms with van der Waals surface area (Å²) in [5.41, 5.74) is 0. The van der Waals surface area contributed by atoms with Gasteiger partial charge in [0.05, 0.1) is 12.5 Å². The third-order valence-electron chi connectivity index (χ3n) is 2.70. The molecule has 0 radical (unpaired) electrons. The van der Waals surface area contributed by atoms with Crippen molar-refractivity contribution in [1.29, 1.82) is 0 Å². The summed E-state index contributed by atoms with van der Waals surface area (Å²) in [7, 11) is 0. The first-order chi connectivity index (χ1) is 8.04. The summed E-state index contributed by atoms with van der Waals surface area (Å²) in [5, 5.41) is 8.53. The summed E-state index contributed by atoms with van der Waals surface area (Å²) in [4.78, 5) is 34.9. The van der Waals surface area contributed by atoms with E-state index in [9.17, 15) is 14.4 Å². The van der Waals surface area contributed by atoms with Gasteiger partial charge in [-0.25, -0.2) is 0 Å². The molecule has 17 heavy (non-hydrogen) atoms. The SMILES string of the molecule is CCOC(=O)C1CCCN(C(=O)CC(=O)O)C1. The van der Waals surface area contributed by atoms with E-state index in [1.807, 2.05) is 0 Å². The Morgan fingerprint density at radius 2 is 2.12 bits per heavy atom. The smallest absolute Gasteiger partial charge is 0.312 e. The van der Waals surface area contributed by atoms with Crippen molar-refractivity contribution in [2.75, 3.05) is 19.7 Å². The van der Waals surface area contributed by atoms with Gasteiger partial charge in [-0.15, -0.1) is 0 Å². The van der Waals surface area contributed by atoms with Crippen LogP contribution in [0, 0.1) is 5.92 Å². The van der Waals surface area contributed by atoms with E-state index in [0.717, 1.165) is 0 Å². The number of esters is 1. The van der Waals surface area contributed by atoms with Crippen molar-refractivity contribution in [1.82, 2.24) is 4.90 Å². The second-order valence-electron chi connectivity index (χ2n) is 4.00. The average molecular weight is 243 g/mol. The third kappa shape index (κ3) is 4.05. The van der Waals surface area contributed by atoms with Gasteiger partial charge in [0, 0.05) is 13.1 Å². The molecule has 0 aromatic heterocycles. The summed E-state index contributed by atoms with van der Waals surface area (Å²) < 4.78 is 4.90. The zero-order valence-corrected chi connectivity index (χ0v) is 9.85. The van der Waals surface area contributed by atoms with Crippen molar-refractivity contribution in [3.63, 3.8) is 0 Å². The van der Waals surface area contributed by atoms with Crippen LogP contribution in [0.5, 0.6) is 0 Å². The molecule has 0 aromatic rings. The van der Waals surface area contributed by atoms with Gasteiger partial charge in [0.25, 0.3) is 0 Å². The average Bonchev–Trinajstić information content (AvgIpc) is 2.28. The molecular formula is C11H17NO5. The molecule has 1 fully saturated rings. The molecule has 6 heteroatoms. The lowest BCUT2D eigenvalue weighted by Crippen LogP contribution is -2.43. The first kappa shape index (κ1) is 13.5. The van der Waals surface area contributed by atoms with Gasteiger partial charge in [-0.1, -0.05) is 0 Å². The first-order valence-corrected chi connectivity index (χ1v) is 5.70. The van der Waals surface area contributed by atoms with E-state index in [2.05, 4.69) is 0 Å². The summed E-state index contributed by atoms with van der Waals surface area (Å²) >= 11 is 0. The fraction of sp³-hybridized carbons (Fsp3) is 0.727.